The monoisotopic (exact) mass is 279 g/mol. The van der Waals surface area contributed by atoms with Crippen molar-refractivity contribution in [1.29, 1.82) is 0 Å². The highest BCUT2D eigenvalue weighted by molar-refractivity contribution is 5.66. The molecule has 3 heteroatoms. The number of rotatable bonds is 3. The summed E-state index contributed by atoms with van der Waals surface area (Å²) in [5.74, 6) is 1.13. The van der Waals surface area contributed by atoms with Crippen LogP contribution in [0, 0.1) is 0 Å². The first kappa shape index (κ1) is 12.7. The highest BCUT2D eigenvalue weighted by Gasteiger charge is 2.23. The third kappa shape index (κ3) is 2.48. The largest absolute Gasteiger partial charge is 0.379 e. The van der Waals surface area contributed by atoms with Gasteiger partial charge in [-0.05, 0) is 48.9 Å². The van der Waals surface area contributed by atoms with Gasteiger partial charge in [0.15, 0.2) is 5.82 Å². The molecule has 2 aromatic rings. The van der Waals surface area contributed by atoms with E-state index in [9.17, 15) is 0 Å². The molecule has 0 spiro atoms. The number of pyridine rings is 1. The zero-order chi connectivity index (χ0) is 14.1. The van der Waals surface area contributed by atoms with Crippen molar-refractivity contribution < 1.29 is 0 Å². The molecular weight excluding hydrogens is 258 g/mol. The van der Waals surface area contributed by atoms with Crippen LogP contribution in [0.4, 0.5) is 11.5 Å². The van der Waals surface area contributed by atoms with E-state index < -0.39 is 0 Å². The second-order valence-electron chi connectivity index (χ2n) is 6.09. The number of nitrogens with one attached hydrogen (secondary N) is 1. The molecule has 1 aliphatic carbocycles. The molecule has 0 atom stereocenters. The molecule has 1 aliphatic heterocycles. The molecule has 0 unspecified atom stereocenters. The summed E-state index contributed by atoms with van der Waals surface area (Å²) in [4.78, 5) is 7.02. The van der Waals surface area contributed by atoms with Crippen LogP contribution in [-0.4, -0.2) is 24.1 Å². The van der Waals surface area contributed by atoms with Crippen molar-refractivity contribution in [2.24, 2.45) is 0 Å². The number of benzene rings is 1. The van der Waals surface area contributed by atoms with Crippen LogP contribution in [0.2, 0.25) is 0 Å². The van der Waals surface area contributed by atoms with Crippen molar-refractivity contribution in [2.45, 2.75) is 31.7 Å². The van der Waals surface area contributed by atoms with Crippen LogP contribution in [-0.2, 0) is 12.8 Å². The predicted molar refractivity (Wildman–Crippen MR) is 86.9 cm³/mol. The van der Waals surface area contributed by atoms with Crippen molar-refractivity contribution in [3.63, 3.8) is 0 Å². The lowest BCUT2D eigenvalue weighted by molar-refractivity contribution is 0.771. The summed E-state index contributed by atoms with van der Waals surface area (Å²) in [7, 11) is 0. The van der Waals surface area contributed by atoms with Crippen LogP contribution in [0.15, 0.2) is 42.6 Å². The molecule has 0 radical (unpaired) electrons. The van der Waals surface area contributed by atoms with E-state index in [-0.39, 0.29) is 0 Å². The van der Waals surface area contributed by atoms with Crippen molar-refractivity contribution in [3.05, 3.63) is 53.7 Å². The van der Waals surface area contributed by atoms with E-state index in [0.717, 1.165) is 31.7 Å². The van der Waals surface area contributed by atoms with Gasteiger partial charge in [-0.3, -0.25) is 0 Å². The zero-order valence-corrected chi connectivity index (χ0v) is 12.3. The van der Waals surface area contributed by atoms with Gasteiger partial charge in [0.2, 0.25) is 0 Å². The van der Waals surface area contributed by atoms with Crippen molar-refractivity contribution in [1.82, 2.24) is 4.98 Å². The summed E-state index contributed by atoms with van der Waals surface area (Å²) in [6, 6.07) is 13.5. The van der Waals surface area contributed by atoms with Gasteiger partial charge in [-0.1, -0.05) is 24.3 Å². The SMILES string of the molecule is c1ccc2c(c1)CC(Nc1cccnc1N1CCCC1)C2. The van der Waals surface area contributed by atoms with Gasteiger partial charge in [0.1, 0.15) is 0 Å². The lowest BCUT2D eigenvalue weighted by atomic mass is 10.1. The Labute approximate surface area is 126 Å². The van der Waals surface area contributed by atoms with Gasteiger partial charge < -0.3 is 10.2 Å². The summed E-state index contributed by atoms with van der Waals surface area (Å²) >= 11 is 0. The highest BCUT2D eigenvalue weighted by atomic mass is 15.2. The number of nitrogens with zero attached hydrogens (tertiary/aromatic N) is 2. The van der Waals surface area contributed by atoms with Gasteiger partial charge >= 0.3 is 0 Å². The number of hydrogen-bond donors (Lipinski definition) is 1. The quantitative estimate of drug-likeness (QED) is 0.934. The maximum absolute atomic E-state index is 4.62. The normalized spacial score (nSPS) is 18.0. The Balaban J connectivity index is 1.53. The number of anilines is 2. The van der Waals surface area contributed by atoms with Crippen molar-refractivity contribution in [3.8, 4) is 0 Å². The van der Waals surface area contributed by atoms with Crippen molar-refractivity contribution >= 4 is 11.5 Å². The third-order valence-electron chi connectivity index (χ3n) is 4.60. The topological polar surface area (TPSA) is 28.2 Å². The molecule has 1 fully saturated rings. The molecule has 2 heterocycles. The Morgan fingerprint density at radius 2 is 1.67 bits per heavy atom. The van der Waals surface area contributed by atoms with Crippen LogP contribution in [0.3, 0.4) is 0 Å². The van der Waals surface area contributed by atoms with E-state index in [1.165, 1.54) is 29.7 Å². The maximum Gasteiger partial charge on any atom is 0.151 e. The highest BCUT2D eigenvalue weighted by Crippen LogP contribution is 2.30. The fourth-order valence-corrected chi connectivity index (χ4v) is 3.57. The fraction of sp³-hybridized carbons (Fsp3) is 0.389. The minimum Gasteiger partial charge on any atom is -0.379 e. The Kier molecular flexibility index (Phi) is 3.26. The van der Waals surface area contributed by atoms with Gasteiger partial charge in [0.25, 0.3) is 0 Å². The molecule has 0 bridgehead atoms. The Bertz CT molecular complexity index is 607. The molecule has 3 nitrogen and oxygen atoms in total. The first-order valence-corrected chi connectivity index (χ1v) is 7.93. The Morgan fingerprint density at radius 1 is 0.952 bits per heavy atom. The van der Waals surface area contributed by atoms with Gasteiger partial charge in [-0.25, -0.2) is 4.98 Å². The standard InChI is InChI=1S/C18H21N3/c1-2-7-15-13-16(12-14(15)6-1)20-17-8-5-9-19-18(17)21-10-3-4-11-21/h1-2,5-9,16,20H,3-4,10-13H2. The lowest BCUT2D eigenvalue weighted by Gasteiger charge is -2.22. The van der Waals surface area contributed by atoms with Crippen LogP contribution >= 0.6 is 0 Å². The molecule has 0 saturated carbocycles. The maximum atomic E-state index is 4.62. The minimum atomic E-state index is 0.493. The molecule has 108 valence electrons. The summed E-state index contributed by atoms with van der Waals surface area (Å²) in [6.45, 7) is 2.27. The van der Waals surface area contributed by atoms with Crippen molar-refractivity contribution in [2.75, 3.05) is 23.3 Å². The molecule has 1 aromatic heterocycles. The summed E-state index contributed by atoms with van der Waals surface area (Å²) in [6.07, 6.45) is 6.70. The average molecular weight is 279 g/mol. The molecule has 1 saturated heterocycles. The molecule has 0 amide bonds. The molecular formula is C18H21N3. The van der Waals surface area contributed by atoms with Crippen LogP contribution in [0.5, 0.6) is 0 Å². The van der Waals surface area contributed by atoms with E-state index in [2.05, 4.69) is 45.5 Å². The third-order valence-corrected chi connectivity index (χ3v) is 4.60. The summed E-state index contributed by atoms with van der Waals surface area (Å²) in [5, 5.41) is 3.73. The average Bonchev–Trinajstić information content (AvgIpc) is 3.16. The second kappa shape index (κ2) is 5.40. The fourth-order valence-electron chi connectivity index (χ4n) is 3.57. The van der Waals surface area contributed by atoms with E-state index in [1.807, 2.05) is 12.3 Å². The van der Waals surface area contributed by atoms with Gasteiger partial charge in [0.05, 0.1) is 5.69 Å². The minimum absolute atomic E-state index is 0.493. The van der Waals surface area contributed by atoms with Gasteiger partial charge in [0, 0.05) is 25.3 Å². The summed E-state index contributed by atoms with van der Waals surface area (Å²) in [5.41, 5.74) is 4.17. The smallest absolute Gasteiger partial charge is 0.151 e. The Morgan fingerprint density at radius 3 is 2.38 bits per heavy atom. The molecule has 2 aliphatic rings. The van der Waals surface area contributed by atoms with Gasteiger partial charge in [-0.15, -0.1) is 0 Å². The summed E-state index contributed by atoms with van der Waals surface area (Å²) < 4.78 is 0. The first-order valence-electron chi connectivity index (χ1n) is 7.93. The second-order valence-corrected chi connectivity index (χ2v) is 6.09. The van der Waals surface area contributed by atoms with Crippen LogP contribution in [0.1, 0.15) is 24.0 Å². The Hall–Kier alpha value is -2.03. The van der Waals surface area contributed by atoms with Crippen LogP contribution < -0.4 is 10.2 Å². The van der Waals surface area contributed by atoms with Crippen LogP contribution in [0.25, 0.3) is 0 Å². The molecule has 4 rings (SSSR count). The van der Waals surface area contributed by atoms with E-state index >= 15 is 0 Å². The van der Waals surface area contributed by atoms with E-state index in [1.54, 1.807) is 0 Å². The number of fused-ring (bicyclic) bond motifs is 1. The molecule has 1 aromatic carbocycles. The van der Waals surface area contributed by atoms with E-state index in [0.29, 0.717) is 6.04 Å². The number of hydrogen-bond acceptors (Lipinski definition) is 3. The van der Waals surface area contributed by atoms with E-state index in [4.69, 9.17) is 0 Å². The predicted octanol–water partition coefficient (Wildman–Crippen LogP) is 3.26. The first-order chi connectivity index (χ1) is 10.4. The zero-order valence-electron chi connectivity index (χ0n) is 12.3. The molecule has 21 heavy (non-hydrogen) atoms. The van der Waals surface area contributed by atoms with Gasteiger partial charge in [-0.2, -0.15) is 0 Å². The number of aromatic nitrogens is 1. The molecule has 1 N–H and O–H groups in total. The lowest BCUT2D eigenvalue weighted by Crippen LogP contribution is -2.24.